The van der Waals surface area contributed by atoms with Gasteiger partial charge >= 0.3 is 0 Å². The summed E-state index contributed by atoms with van der Waals surface area (Å²) in [6.07, 6.45) is 1.55. The van der Waals surface area contributed by atoms with Gasteiger partial charge in [0, 0.05) is 12.7 Å². The number of benzene rings is 2. The summed E-state index contributed by atoms with van der Waals surface area (Å²) in [6, 6.07) is 12.9. The van der Waals surface area contributed by atoms with E-state index in [0.29, 0.717) is 11.3 Å². The van der Waals surface area contributed by atoms with Crippen molar-refractivity contribution in [1.29, 1.82) is 0 Å². The molecule has 5 nitrogen and oxygen atoms in total. The average molecular weight is 281 g/mol. The summed E-state index contributed by atoms with van der Waals surface area (Å²) in [5.41, 5.74) is 2.87. The van der Waals surface area contributed by atoms with Crippen LogP contribution in [0.25, 0.3) is 11.0 Å². The first-order valence-corrected chi connectivity index (χ1v) is 6.57. The van der Waals surface area contributed by atoms with Crippen molar-refractivity contribution < 1.29 is 9.53 Å². The van der Waals surface area contributed by atoms with E-state index in [0.717, 1.165) is 16.7 Å². The van der Waals surface area contributed by atoms with Gasteiger partial charge in [-0.05, 0) is 30.3 Å². The smallest absolute Gasteiger partial charge is 0.265 e. The number of imidazole rings is 1. The van der Waals surface area contributed by atoms with Crippen molar-refractivity contribution in [3.8, 4) is 5.75 Å². The van der Waals surface area contributed by atoms with E-state index >= 15 is 0 Å². The molecular formula is C16H15N3O2. The number of aromatic nitrogens is 2. The Balaban J connectivity index is 2.13. The van der Waals surface area contributed by atoms with Gasteiger partial charge in [-0.1, -0.05) is 12.1 Å². The van der Waals surface area contributed by atoms with E-state index in [9.17, 15) is 4.79 Å². The standard InChI is InChI=1S/C16H15N3O2/c1-17-13-8-7-11(21-2)9-12(13)16(20)19-10-18-14-5-3-4-6-15(14)19/h3-10,17H,1-2H3. The summed E-state index contributed by atoms with van der Waals surface area (Å²) in [7, 11) is 3.36. The highest BCUT2D eigenvalue weighted by atomic mass is 16.5. The molecule has 1 heterocycles. The number of nitrogens with one attached hydrogen (secondary N) is 1. The van der Waals surface area contributed by atoms with Crippen molar-refractivity contribution in [3.63, 3.8) is 0 Å². The highest BCUT2D eigenvalue weighted by Crippen LogP contribution is 2.24. The highest BCUT2D eigenvalue weighted by Gasteiger charge is 2.16. The van der Waals surface area contributed by atoms with Gasteiger partial charge in [-0.3, -0.25) is 9.36 Å². The number of ether oxygens (including phenoxy) is 1. The van der Waals surface area contributed by atoms with Crippen molar-refractivity contribution in [1.82, 2.24) is 9.55 Å². The SMILES string of the molecule is CNc1ccc(OC)cc1C(=O)n1cnc2ccccc21. The zero-order valence-corrected chi connectivity index (χ0v) is 11.8. The van der Waals surface area contributed by atoms with Crippen LogP contribution in [0.3, 0.4) is 0 Å². The molecule has 0 bridgehead atoms. The summed E-state index contributed by atoms with van der Waals surface area (Å²) >= 11 is 0. The number of carbonyl (C=O) groups is 1. The fourth-order valence-corrected chi connectivity index (χ4v) is 2.30. The number of hydrogen-bond donors (Lipinski definition) is 1. The lowest BCUT2D eigenvalue weighted by Crippen LogP contribution is -2.13. The van der Waals surface area contributed by atoms with Crippen LogP contribution in [0.5, 0.6) is 5.75 Å². The number of anilines is 1. The molecule has 5 heteroatoms. The third kappa shape index (κ3) is 2.23. The number of hydrogen-bond acceptors (Lipinski definition) is 4. The van der Waals surface area contributed by atoms with Crippen LogP contribution in [0, 0.1) is 0 Å². The molecule has 0 spiro atoms. The summed E-state index contributed by atoms with van der Waals surface area (Å²) in [4.78, 5) is 17.1. The monoisotopic (exact) mass is 281 g/mol. The number of nitrogens with zero attached hydrogens (tertiary/aromatic N) is 2. The van der Waals surface area contributed by atoms with Gasteiger partial charge in [-0.15, -0.1) is 0 Å². The van der Waals surface area contributed by atoms with Crippen LogP contribution in [-0.2, 0) is 0 Å². The minimum Gasteiger partial charge on any atom is -0.497 e. The van der Waals surface area contributed by atoms with Crippen molar-refractivity contribution in [2.75, 3.05) is 19.5 Å². The van der Waals surface area contributed by atoms with E-state index in [2.05, 4.69) is 10.3 Å². The first-order valence-electron chi connectivity index (χ1n) is 6.57. The lowest BCUT2D eigenvalue weighted by Gasteiger charge is -2.11. The van der Waals surface area contributed by atoms with Crippen LogP contribution in [0.2, 0.25) is 0 Å². The van der Waals surface area contributed by atoms with Crippen molar-refractivity contribution in [2.45, 2.75) is 0 Å². The average Bonchev–Trinajstić information content (AvgIpc) is 2.97. The van der Waals surface area contributed by atoms with Gasteiger partial charge in [0.05, 0.1) is 23.7 Å². The van der Waals surface area contributed by atoms with E-state index in [1.807, 2.05) is 36.4 Å². The topological polar surface area (TPSA) is 56.1 Å². The Morgan fingerprint density at radius 1 is 1.24 bits per heavy atom. The molecule has 0 aliphatic heterocycles. The Morgan fingerprint density at radius 2 is 2.05 bits per heavy atom. The predicted octanol–water partition coefficient (Wildman–Crippen LogP) is 2.78. The third-order valence-electron chi connectivity index (χ3n) is 3.40. The third-order valence-corrected chi connectivity index (χ3v) is 3.40. The van der Waals surface area contributed by atoms with Gasteiger partial charge in [0.2, 0.25) is 0 Å². The Kier molecular flexibility index (Phi) is 3.31. The van der Waals surface area contributed by atoms with E-state index in [4.69, 9.17) is 4.74 Å². The maximum atomic E-state index is 12.8. The van der Waals surface area contributed by atoms with Crippen LogP contribution in [-0.4, -0.2) is 29.6 Å². The van der Waals surface area contributed by atoms with Crippen LogP contribution >= 0.6 is 0 Å². The van der Waals surface area contributed by atoms with Gasteiger partial charge in [0.15, 0.2) is 0 Å². The summed E-state index contributed by atoms with van der Waals surface area (Å²) < 4.78 is 6.75. The second-order valence-electron chi connectivity index (χ2n) is 4.57. The van der Waals surface area contributed by atoms with Crippen LogP contribution in [0.15, 0.2) is 48.8 Å². The van der Waals surface area contributed by atoms with Gasteiger partial charge in [-0.2, -0.15) is 0 Å². The van der Waals surface area contributed by atoms with E-state index < -0.39 is 0 Å². The van der Waals surface area contributed by atoms with Crippen LogP contribution in [0.1, 0.15) is 10.4 Å². The van der Waals surface area contributed by atoms with Crippen LogP contribution in [0.4, 0.5) is 5.69 Å². The maximum absolute atomic E-state index is 12.8. The lowest BCUT2D eigenvalue weighted by molar-refractivity contribution is 0.0965. The molecule has 0 radical (unpaired) electrons. The Morgan fingerprint density at radius 3 is 2.81 bits per heavy atom. The maximum Gasteiger partial charge on any atom is 0.265 e. The molecule has 1 aromatic heterocycles. The van der Waals surface area contributed by atoms with E-state index in [1.54, 1.807) is 31.1 Å². The van der Waals surface area contributed by atoms with Crippen molar-refractivity contribution in [3.05, 3.63) is 54.4 Å². The molecule has 0 aliphatic rings. The zero-order valence-electron chi connectivity index (χ0n) is 11.8. The first-order chi connectivity index (χ1) is 10.2. The van der Waals surface area contributed by atoms with E-state index in [-0.39, 0.29) is 5.91 Å². The molecule has 0 saturated heterocycles. The Labute approximate surface area is 122 Å². The summed E-state index contributed by atoms with van der Waals surface area (Å²) in [5.74, 6) is 0.494. The molecule has 3 rings (SSSR count). The normalized spacial score (nSPS) is 10.6. The largest absolute Gasteiger partial charge is 0.497 e. The second kappa shape index (κ2) is 5.28. The minimum atomic E-state index is -0.146. The lowest BCUT2D eigenvalue weighted by atomic mass is 10.1. The summed E-state index contributed by atoms with van der Waals surface area (Å²) in [5, 5.41) is 3.03. The zero-order chi connectivity index (χ0) is 14.8. The molecule has 3 aromatic rings. The quantitative estimate of drug-likeness (QED) is 0.802. The van der Waals surface area contributed by atoms with Gasteiger partial charge < -0.3 is 10.1 Å². The van der Waals surface area contributed by atoms with E-state index in [1.165, 1.54) is 0 Å². The number of rotatable bonds is 3. The molecule has 0 unspecified atom stereocenters. The van der Waals surface area contributed by atoms with Gasteiger partial charge in [0.25, 0.3) is 5.91 Å². The number of para-hydroxylation sites is 2. The first kappa shape index (κ1) is 13.2. The van der Waals surface area contributed by atoms with Crippen molar-refractivity contribution in [2.24, 2.45) is 0 Å². The number of carbonyl (C=O) groups excluding carboxylic acids is 1. The molecule has 106 valence electrons. The molecular weight excluding hydrogens is 266 g/mol. The van der Waals surface area contributed by atoms with Gasteiger partial charge in [-0.25, -0.2) is 4.98 Å². The molecule has 0 aliphatic carbocycles. The van der Waals surface area contributed by atoms with Crippen molar-refractivity contribution >= 4 is 22.6 Å². The number of fused-ring (bicyclic) bond motifs is 1. The molecule has 21 heavy (non-hydrogen) atoms. The Hall–Kier alpha value is -2.82. The molecule has 0 amide bonds. The molecule has 0 saturated carbocycles. The summed E-state index contributed by atoms with van der Waals surface area (Å²) in [6.45, 7) is 0. The molecule has 1 N–H and O–H groups in total. The molecule has 0 atom stereocenters. The molecule has 2 aromatic carbocycles. The molecule has 0 fully saturated rings. The van der Waals surface area contributed by atoms with Crippen LogP contribution < -0.4 is 10.1 Å². The fourth-order valence-electron chi connectivity index (χ4n) is 2.30. The predicted molar refractivity (Wildman–Crippen MR) is 82.0 cm³/mol. The van der Waals surface area contributed by atoms with Gasteiger partial charge in [0.1, 0.15) is 12.1 Å². The minimum absolute atomic E-state index is 0.146. The fraction of sp³-hybridized carbons (Fsp3) is 0.125. The Bertz CT molecular complexity index is 808. The highest BCUT2D eigenvalue weighted by molar-refractivity contribution is 6.05. The number of methoxy groups -OCH3 is 1. The second-order valence-corrected chi connectivity index (χ2v) is 4.57.